The third kappa shape index (κ3) is 4.26. The standard InChI is InChI=1S/C20H17Cl2NO3S/c1-2-3-11-26-20(25)16-12-7-4-5-10-15(12)27-19(16)23-18(24)17-13(21)8-6-9-14(17)22/h4-10H,2-3,11H2,1H3,(H,23,24). The molecule has 0 bridgehead atoms. The van der Waals surface area contributed by atoms with Gasteiger partial charge in [0.2, 0.25) is 0 Å². The minimum Gasteiger partial charge on any atom is -0.462 e. The molecule has 7 heteroatoms. The Morgan fingerprint density at radius 2 is 1.74 bits per heavy atom. The number of esters is 1. The van der Waals surface area contributed by atoms with Crippen molar-refractivity contribution in [2.24, 2.45) is 0 Å². The second-order valence-corrected chi connectivity index (χ2v) is 7.71. The van der Waals surface area contributed by atoms with Gasteiger partial charge in [-0.3, -0.25) is 4.79 Å². The first-order valence-electron chi connectivity index (χ1n) is 8.47. The first-order chi connectivity index (χ1) is 13.0. The highest BCUT2D eigenvalue weighted by molar-refractivity contribution is 7.23. The quantitative estimate of drug-likeness (QED) is 0.369. The first kappa shape index (κ1) is 19.7. The van der Waals surface area contributed by atoms with Crippen LogP contribution in [0.3, 0.4) is 0 Å². The van der Waals surface area contributed by atoms with Crippen LogP contribution in [-0.2, 0) is 4.74 Å². The number of unbranched alkanes of at least 4 members (excludes halogenated alkanes) is 1. The van der Waals surface area contributed by atoms with E-state index < -0.39 is 11.9 Å². The molecule has 0 aliphatic rings. The molecule has 0 aliphatic heterocycles. The number of carbonyl (C=O) groups is 2. The topological polar surface area (TPSA) is 55.4 Å². The molecular formula is C20H17Cl2NO3S. The van der Waals surface area contributed by atoms with Gasteiger partial charge in [0.1, 0.15) is 10.6 Å². The number of nitrogens with one attached hydrogen (secondary N) is 1. The summed E-state index contributed by atoms with van der Waals surface area (Å²) in [7, 11) is 0. The lowest BCUT2D eigenvalue weighted by Gasteiger charge is -2.09. The molecule has 0 saturated carbocycles. The SMILES string of the molecule is CCCCOC(=O)c1c(NC(=O)c2c(Cl)cccc2Cl)sc2ccccc12. The highest BCUT2D eigenvalue weighted by Crippen LogP contribution is 2.37. The molecule has 3 aromatic rings. The van der Waals surface area contributed by atoms with Gasteiger partial charge in [-0.25, -0.2) is 4.79 Å². The summed E-state index contributed by atoms with van der Waals surface area (Å²) in [5.41, 5.74) is 0.520. The molecule has 3 rings (SSSR count). The van der Waals surface area contributed by atoms with Gasteiger partial charge in [0.15, 0.2) is 0 Å². The van der Waals surface area contributed by atoms with E-state index in [1.54, 1.807) is 18.2 Å². The molecule has 0 unspecified atom stereocenters. The van der Waals surface area contributed by atoms with Crippen LogP contribution in [0.2, 0.25) is 10.0 Å². The molecule has 0 atom stereocenters. The van der Waals surface area contributed by atoms with Crippen LogP contribution in [0.1, 0.15) is 40.5 Å². The lowest BCUT2D eigenvalue weighted by molar-refractivity contribution is 0.0503. The highest BCUT2D eigenvalue weighted by Gasteiger charge is 2.23. The van der Waals surface area contributed by atoms with Crippen molar-refractivity contribution < 1.29 is 14.3 Å². The molecule has 27 heavy (non-hydrogen) atoms. The van der Waals surface area contributed by atoms with E-state index in [0.717, 1.165) is 22.9 Å². The molecular weight excluding hydrogens is 405 g/mol. The van der Waals surface area contributed by atoms with Crippen LogP contribution in [0.5, 0.6) is 0 Å². The fraction of sp³-hybridized carbons (Fsp3) is 0.200. The minimum atomic E-state index is -0.472. The molecule has 140 valence electrons. The van der Waals surface area contributed by atoms with Crippen molar-refractivity contribution in [2.75, 3.05) is 11.9 Å². The molecule has 4 nitrogen and oxygen atoms in total. The lowest BCUT2D eigenvalue weighted by atomic mass is 10.1. The molecule has 0 saturated heterocycles. The predicted octanol–water partition coefficient (Wildman–Crippen LogP) is 6.42. The average molecular weight is 422 g/mol. The monoisotopic (exact) mass is 421 g/mol. The Bertz CT molecular complexity index is 980. The van der Waals surface area contributed by atoms with Crippen molar-refractivity contribution in [3.8, 4) is 0 Å². The van der Waals surface area contributed by atoms with E-state index in [9.17, 15) is 9.59 Å². The largest absolute Gasteiger partial charge is 0.462 e. The lowest BCUT2D eigenvalue weighted by Crippen LogP contribution is -2.15. The third-order valence-corrected chi connectivity index (χ3v) is 5.66. The van der Waals surface area contributed by atoms with E-state index in [1.165, 1.54) is 11.3 Å². The Morgan fingerprint density at radius 3 is 2.44 bits per heavy atom. The molecule has 2 aromatic carbocycles. The van der Waals surface area contributed by atoms with Gasteiger partial charge < -0.3 is 10.1 Å². The minimum absolute atomic E-state index is 0.170. The van der Waals surface area contributed by atoms with Gasteiger partial charge in [0, 0.05) is 10.1 Å². The number of ether oxygens (including phenoxy) is 1. The third-order valence-electron chi connectivity index (χ3n) is 3.95. The van der Waals surface area contributed by atoms with Gasteiger partial charge in [-0.2, -0.15) is 0 Å². The highest BCUT2D eigenvalue weighted by atomic mass is 35.5. The molecule has 1 heterocycles. The van der Waals surface area contributed by atoms with Crippen molar-refractivity contribution in [3.05, 3.63) is 63.6 Å². The number of hydrogen-bond donors (Lipinski definition) is 1. The maximum atomic E-state index is 12.7. The maximum absolute atomic E-state index is 12.7. The zero-order valence-electron chi connectivity index (χ0n) is 14.6. The number of fused-ring (bicyclic) bond motifs is 1. The van der Waals surface area contributed by atoms with E-state index in [4.69, 9.17) is 27.9 Å². The Labute approximate surface area is 171 Å². The molecule has 0 fully saturated rings. The molecule has 0 aliphatic carbocycles. The molecule has 0 radical (unpaired) electrons. The number of amides is 1. The Morgan fingerprint density at radius 1 is 1.04 bits per heavy atom. The van der Waals surface area contributed by atoms with Gasteiger partial charge in [-0.05, 0) is 24.6 Å². The zero-order chi connectivity index (χ0) is 19.4. The summed E-state index contributed by atoms with van der Waals surface area (Å²) in [5.74, 6) is -0.929. The van der Waals surface area contributed by atoms with Gasteiger partial charge in [0.25, 0.3) is 5.91 Å². The van der Waals surface area contributed by atoms with Gasteiger partial charge in [-0.15, -0.1) is 11.3 Å². The number of benzene rings is 2. The Hall–Kier alpha value is -2.08. The summed E-state index contributed by atoms with van der Waals surface area (Å²) in [5, 5.41) is 4.42. The summed E-state index contributed by atoms with van der Waals surface area (Å²) in [6.45, 7) is 2.36. The van der Waals surface area contributed by atoms with Gasteiger partial charge >= 0.3 is 5.97 Å². The zero-order valence-corrected chi connectivity index (χ0v) is 16.9. The summed E-state index contributed by atoms with van der Waals surface area (Å²) < 4.78 is 6.25. The summed E-state index contributed by atoms with van der Waals surface area (Å²) >= 11 is 13.6. The second kappa shape index (κ2) is 8.74. The number of carbonyl (C=O) groups excluding carboxylic acids is 2. The van der Waals surface area contributed by atoms with Crippen molar-refractivity contribution in [2.45, 2.75) is 19.8 Å². The average Bonchev–Trinajstić information content (AvgIpc) is 2.99. The van der Waals surface area contributed by atoms with Crippen LogP contribution < -0.4 is 5.32 Å². The molecule has 0 spiro atoms. The fourth-order valence-electron chi connectivity index (χ4n) is 2.60. The van der Waals surface area contributed by atoms with E-state index in [2.05, 4.69) is 5.32 Å². The van der Waals surface area contributed by atoms with Crippen molar-refractivity contribution in [3.63, 3.8) is 0 Å². The summed E-state index contributed by atoms with van der Waals surface area (Å²) in [6, 6.07) is 12.3. The number of rotatable bonds is 6. The van der Waals surface area contributed by atoms with Crippen LogP contribution >= 0.6 is 34.5 Å². The van der Waals surface area contributed by atoms with Crippen molar-refractivity contribution in [1.29, 1.82) is 0 Å². The number of anilines is 1. The van der Waals surface area contributed by atoms with E-state index in [-0.39, 0.29) is 15.6 Å². The maximum Gasteiger partial charge on any atom is 0.341 e. The van der Waals surface area contributed by atoms with Gasteiger partial charge in [-0.1, -0.05) is 60.8 Å². The fourth-order valence-corrected chi connectivity index (χ4v) is 4.25. The number of thiophene rings is 1. The number of halogens is 2. The molecule has 1 aromatic heterocycles. The normalized spacial score (nSPS) is 10.8. The van der Waals surface area contributed by atoms with Crippen LogP contribution in [0, 0.1) is 0 Å². The van der Waals surface area contributed by atoms with Crippen LogP contribution in [0.15, 0.2) is 42.5 Å². The smallest absolute Gasteiger partial charge is 0.341 e. The van der Waals surface area contributed by atoms with E-state index in [0.29, 0.717) is 17.2 Å². The molecule has 1 amide bonds. The predicted molar refractivity (Wildman–Crippen MR) is 111 cm³/mol. The van der Waals surface area contributed by atoms with E-state index in [1.807, 2.05) is 31.2 Å². The van der Waals surface area contributed by atoms with Crippen LogP contribution in [-0.4, -0.2) is 18.5 Å². The van der Waals surface area contributed by atoms with Gasteiger partial charge in [0.05, 0.1) is 22.2 Å². The number of hydrogen-bond acceptors (Lipinski definition) is 4. The molecule has 1 N–H and O–H groups in total. The Kier molecular flexibility index (Phi) is 6.37. The summed E-state index contributed by atoms with van der Waals surface area (Å²) in [4.78, 5) is 25.4. The Balaban J connectivity index is 1.97. The van der Waals surface area contributed by atoms with Crippen LogP contribution in [0.4, 0.5) is 5.00 Å². The van der Waals surface area contributed by atoms with Crippen molar-refractivity contribution in [1.82, 2.24) is 0 Å². The first-order valence-corrected chi connectivity index (χ1v) is 10.0. The van der Waals surface area contributed by atoms with E-state index >= 15 is 0 Å². The van der Waals surface area contributed by atoms with Crippen molar-refractivity contribution >= 4 is 61.5 Å². The second-order valence-electron chi connectivity index (χ2n) is 5.84. The van der Waals surface area contributed by atoms with Crippen LogP contribution in [0.25, 0.3) is 10.1 Å². The summed E-state index contributed by atoms with van der Waals surface area (Å²) in [6.07, 6.45) is 1.71.